The van der Waals surface area contributed by atoms with E-state index in [1.54, 1.807) is 41.1 Å². The van der Waals surface area contributed by atoms with Gasteiger partial charge in [-0.3, -0.25) is 14.9 Å². The van der Waals surface area contributed by atoms with E-state index < -0.39 is 11.9 Å². The second-order valence-electron chi connectivity index (χ2n) is 6.42. The van der Waals surface area contributed by atoms with Gasteiger partial charge in [-0.25, -0.2) is 4.68 Å². The van der Waals surface area contributed by atoms with Crippen molar-refractivity contribution in [1.29, 1.82) is 0 Å². The third-order valence-corrected chi connectivity index (χ3v) is 5.47. The van der Waals surface area contributed by atoms with Gasteiger partial charge < -0.3 is 10.1 Å². The van der Waals surface area contributed by atoms with Crippen molar-refractivity contribution in [3.05, 3.63) is 63.4 Å². The number of hydrogen-bond donors (Lipinski definition) is 2. The number of nitrogens with zero attached hydrogens (tertiary/aromatic N) is 3. The fraction of sp³-hybridized carbons (Fsp3) is 0.158. The molecule has 154 valence electrons. The average molecular weight is 467 g/mol. The van der Waals surface area contributed by atoms with E-state index in [0.29, 0.717) is 33.0 Å². The lowest BCUT2D eigenvalue weighted by Crippen LogP contribution is -2.30. The second kappa shape index (κ2) is 8.51. The summed E-state index contributed by atoms with van der Waals surface area (Å²) in [5, 5.41) is 10.5. The van der Waals surface area contributed by atoms with E-state index in [9.17, 15) is 9.59 Å². The van der Waals surface area contributed by atoms with Gasteiger partial charge in [-0.1, -0.05) is 40.9 Å². The van der Waals surface area contributed by atoms with Crippen LogP contribution in [0.2, 0.25) is 15.1 Å². The minimum atomic E-state index is -0.476. The summed E-state index contributed by atoms with van der Waals surface area (Å²) in [6.45, 7) is -0.291. The van der Waals surface area contributed by atoms with Gasteiger partial charge >= 0.3 is 0 Å². The average Bonchev–Trinajstić information content (AvgIpc) is 3.18. The Balaban J connectivity index is 1.54. The van der Waals surface area contributed by atoms with E-state index in [2.05, 4.69) is 20.7 Å². The van der Waals surface area contributed by atoms with Crippen LogP contribution in [0.5, 0.6) is 5.75 Å². The topological polar surface area (TPSA) is 98.1 Å². The standard InChI is InChI=1S/C19H14Cl3N5O3/c20-10-4-5-15(30-8-17(29)25-13-3-1-2-12(21)18(13)22)11(6-10)14-7-16(28)26-19-23-9-24-27(14)19/h1-6,9,14H,7-8H2,(H,25,29)(H,23,24,26,28)/t14-/m0/s1. The van der Waals surface area contributed by atoms with Crippen molar-refractivity contribution in [2.45, 2.75) is 12.5 Å². The molecule has 8 nitrogen and oxygen atoms in total. The summed E-state index contributed by atoms with van der Waals surface area (Å²) in [5.41, 5.74) is 0.989. The van der Waals surface area contributed by atoms with Gasteiger partial charge in [0.2, 0.25) is 11.9 Å². The van der Waals surface area contributed by atoms with Crippen LogP contribution in [0.3, 0.4) is 0 Å². The highest BCUT2D eigenvalue weighted by atomic mass is 35.5. The van der Waals surface area contributed by atoms with E-state index in [0.717, 1.165) is 0 Å². The first kappa shape index (κ1) is 20.5. The highest BCUT2D eigenvalue weighted by molar-refractivity contribution is 6.44. The molecule has 0 saturated heterocycles. The summed E-state index contributed by atoms with van der Waals surface area (Å²) in [5.74, 6) is 0.0890. The molecule has 4 rings (SSSR count). The van der Waals surface area contributed by atoms with Crippen LogP contribution in [0.4, 0.5) is 11.6 Å². The molecule has 0 aliphatic carbocycles. The monoisotopic (exact) mass is 465 g/mol. The van der Waals surface area contributed by atoms with Crippen LogP contribution in [-0.2, 0) is 9.59 Å². The molecule has 0 radical (unpaired) electrons. The fourth-order valence-electron chi connectivity index (χ4n) is 3.09. The van der Waals surface area contributed by atoms with Crippen LogP contribution >= 0.6 is 34.8 Å². The van der Waals surface area contributed by atoms with Gasteiger partial charge in [0.25, 0.3) is 5.91 Å². The van der Waals surface area contributed by atoms with Crippen molar-refractivity contribution in [2.24, 2.45) is 0 Å². The quantitative estimate of drug-likeness (QED) is 0.587. The van der Waals surface area contributed by atoms with Crippen molar-refractivity contribution >= 4 is 58.3 Å². The maximum atomic E-state index is 12.4. The molecule has 2 aromatic carbocycles. The van der Waals surface area contributed by atoms with Gasteiger partial charge in [-0.05, 0) is 30.3 Å². The maximum absolute atomic E-state index is 12.4. The predicted octanol–water partition coefficient (Wildman–Crippen LogP) is 4.19. The molecule has 0 saturated carbocycles. The molecule has 2 amide bonds. The molecular weight excluding hydrogens is 453 g/mol. The van der Waals surface area contributed by atoms with Crippen molar-refractivity contribution in [3.63, 3.8) is 0 Å². The number of carbonyl (C=O) groups excluding carboxylic acids is 2. The molecule has 2 heterocycles. The van der Waals surface area contributed by atoms with E-state index in [-0.39, 0.29) is 24.0 Å². The summed E-state index contributed by atoms with van der Waals surface area (Å²) >= 11 is 18.2. The van der Waals surface area contributed by atoms with Gasteiger partial charge in [0.15, 0.2) is 6.61 Å². The minimum absolute atomic E-state index is 0.122. The van der Waals surface area contributed by atoms with Gasteiger partial charge in [0.05, 0.1) is 28.2 Å². The van der Waals surface area contributed by atoms with Gasteiger partial charge in [-0.2, -0.15) is 10.1 Å². The minimum Gasteiger partial charge on any atom is -0.483 e. The summed E-state index contributed by atoms with van der Waals surface area (Å²) in [4.78, 5) is 28.5. The van der Waals surface area contributed by atoms with Gasteiger partial charge in [0.1, 0.15) is 12.1 Å². The first-order valence-electron chi connectivity index (χ1n) is 8.78. The Labute approximate surface area is 186 Å². The van der Waals surface area contributed by atoms with E-state index in [1.807, 2.05) is 0 Å². The number of rotatable bonds is 5. The lowest BCUT2D eigenvalue weighted by molar-refractivity contribution is -0.118. The summed E-state index contributed by atoms with van der Waals surface area (Å²) in [6.07, 6.45) is 1.47. The smallest absolute Gasteiger partial charge is 0.262 e. The zero-order valence-electron chi connectivity index (χ0n) is 15.2. The molecule has 0 fully saturated rings. The summed E-state index contributed by atoms with van der Waals surface area (Å²) in [6, 6.07) is 9.40. The van der Waals surface area contributed by atoms with Crippen molar-refractivity contribution in [1.82, 2.24) is 14.8 Å². The molecule has 0 spiro atoms. The molecule has 1 aliphatic heterocycles. The SMILES string of the molecule is O=C(COc1ccc(Cl)cc1[C@@H]1CC(=O)Nc2ncnn21)Nc1cccc(Cl)c1Cl. The highest BCUT2D eigenvalue weighted by Gasteiger charge is 2.30. The number of nitrogens with one attached hydrogen (secondary N) is 2. The van der Waals surface area contributed by atoms with Crippen molar-refractivity contribution in [2.75, 3.05) is 17.2 Å². The number of fused-ring (bicyclic) bond motifs is 1. The highest BCUT2D eigenvalue weighted by Crippen LogP contribution is 2.36. The second-order valence-corrected chi connectivity index (χ2v) is 7.64. The number of hydrogen-bond acceptors (Lipinski definition) is 5. The number of amides is 2. The molecule has 30 heavy (non-hydrogen) atoms. The molecule has 0 bridgehead atoms. The summed E-state index contributed by atoms with van der Waals surface area (Å²) < 4.78 is 7.31. The van der Waals surface area contributed by atoms with Crippen molar-refractivity contribution in [3.8, 4) is 5.75 Å². The molecule has 1 aromatic heterocycles. The van der Waals surface area contributed by atoms with Crippen molar-refractivity contribution < 1.29 is 14.3 Å². The number of halogens is 3. The lowest BCUT2D eigenvalue weighted by Gasteiger charge is -2.25. The van der Waals surface area contributed by atoms with Gasteiger partial charge in [0, 0.05) is 10.6 Å². The van der Waals surface area contributed by atoms with E-state index >= 15 is 0 Å². The molecular formula is C19H14Cl3N5O3. The first-order valence-corrected chi connectivity index (χ1v) is 9.91. The third-order valence-electron chi connectivity index (χ3n) is 4.41. The Kier molecular flexibility index (Phi) is 5.80. The van der Waals surface area contributed by atoms with E-state index in [1.165, 1.54) is 6.33 Å². The number of carbonyl (C=O) groups is 2. The molecule has 11 heteroatoms. The van der Waals surface area contributed by atoms with Crippen LogP contribution in [0.1, 0.15) is 18.0 Å². The Bertz CT molecular complexity index is 1130. The molecule has 1 aliphatic rings. The molecule has 0 unspecified atom stereocenters. The molecule has 3 aromatic rings. The molecule has 2 N–H and O–H groups in total. The third kappa shape index (κ3) is 4.21. The predicted molar refractivity (Wildman–Crippen MR) is 113 cm³/mol. The number of benzene rings is 2. The zero-order valence-corrected chi connectivity index (χ0v) is 17.5. The Hall–Kier alpha value is -2.81. The fourth-order valence-corrected chi connectivity index (χ4v) is 3.62. The van der Waals surface area contributed by atoms with Crippen LogP contribution in [0, 0.1) is 0 Å². The molecule has 1 atom stereocenters. The Morgan fingerprint density at radius 3 is 2.93 bits per heavy atom. The summed E-state index contributed by atoms with van der Waals surface area (Å²) in [7, 11) is 0. The largest absolute Gasteiger partial charge is 0.483 e. The Morgan fingerprint density at radius 1 is 1.27 bits per heavy atom. The number of ether oxygens (including phenoxy) is 1. The number of anilines is 2. The van der Waals surface area contributed by atoms with Gasteiger partial charge in [-0.15, -0.1) is 0 Å². The van der Waals surface area contributed by atoms with E-state index in [4.69, 9.17) is 39.5 Å². The number of aromatic nitrogens is 3. The van der Waals surface area contributed by atoms with Crippen LogP contribution in [-0.4, -0.2) is 33.2 Å². The zero-order chi connectivity index (χ0) is 21.3. The maximum Gasteiger partial charge on any atom is 0.262 e. The first-order chi connectivity index (χ1) is 14.4. The van der Waals surface area contributed by atoms with Crippen LogP contribution < -0.4 is 15.4 Å². The van der Waals surface area contributed by atoms with Crippen LogP contribution in [0.25, 0.3) is 0 Å². The normalized spacial score (nSPS) is 15.3. The Morgan fingerprint density at radius 2 is 2.10 bits per heavy atom. The lowest BCUT2D eigenvalue weighted by atomic mass is 10.0. The van der Waals surface area contributed by atoms with Crippen LogP contribution in [0.15, 0.2) is 42.7 Å².